The molecule has 9 heteroatoms. The van der Waals surface area contributed by atoms with Crippen LogP contribution in [-0.4, -0.2) is 41.9 Å². The summed E-state index contributed by atoms with van der Waals surface area (Å²) in [5.74, 6) is 0.711. The molecule has 3 rings (SSSR count). The lowest BCUT2D eigenvalue weighted by Gasteiger charge is -2.34. The Kier molecular flexibility index (Phi) is 5.70. The summed E-state index contributed by atoms with van der Waals surface area (Å²) in [5, 5.41) is 3.46. The van der Waals surface area contributed by atoms with Crippen molar-refractivity contribution >= 4 is 34.0 Å². The van der Waals surface area contributed by atoms with Crippen LogP contribution in [-0.2, 0) is 17.1 Å². The first-order chi connectivity index (χ1) is 10.5. The zero-order valence-electron chi connectivity index (χ0n) is 12.5. The van der Waals surface area contributed by atoms with Crippen LogP contribution >= 0.6 is 24.0 Å². The van der Waals surface area contributed by atoms with Gasteiger partial charge in [0.2, 0.25) is 10.0 Å². The molecule has 0 saturated carbocycles. The van der Waals surface area contributed by atoms with Crippen molar-refractivity contribution in [1.29, 1.82) is 0 Å². The Bertz CT molecular complexity index is 779. The fourth-order valence-electron chi connectivity index (χ4n) is 2.67. The molecular formula is C14H18Cl2N4O2S. The number of benzene rings is 1. The summed E-state index contributed by atoms with van der Waals surface area (Å²) in [6.07, 6.45) is 3.48. The first kappa shape index (κ1) is 18.2. The highest BCUT2D eigenvalue weighted by atomic mass is 35.5. The van der Waals surface area contributed by atoms with Crippen molar-refractivity contribution in [3.63, 3.8) is 0 Å². The molecule has 1 aromatic carbocycles. The fraction of sp³-hybridized carbons (Fsp3) is 0.357. The first-order valence-corrected chi connectivity index (χ1v) is 8.78. The monoisotopic (exact) mass is 376 g/mol. The molecule has 0 radical (unpaired) electrons. The third kappa shape index (κ3) is 3.39. The summed E-state index contributed by atoms with van der Waals surface area (Å²) in [5.41, 5.74) is 0. The van der Waals surface area contributed by atoms with Crippen LogP contribution in [0.2, 0.25) is 5.02 Å². The van der Waals surface area contributed by atoms with Gasteiger partial charge in [0.1, 0.15) is 10.7 Å². The lowest BCUT2D eigenvalue weighted by atomic mass is 10.2. The predicted molar refractivity (Wildman–Crippen MR) is 91.4 cm³/mol. The van der Waals surface area contributed by atoms with E-state index in [0.717, 1.165) is 0 Å². The maximum atomic E-state index is 13.0. The Morgan fingerprint density at radius 1 is 1.35 bits per heavy atom. The van der Waals surface area contributed by atoms with Gasteiger partial charge in [-0.1, -0.05) is 23.7 Å². The van der Waals surface area contributed by atoms with Crippen molar-refractivity contribution < 1.29 is 8.42 Å². The molecule has 1 unspecified atom stereocenters. The lowest BCUT2D eigenvalue weighted by Crippen LogP contribution is -2.49. The highest BCUT2D eigenvalue weighted by Crippen LogP contribution is 2.31. The molecule has 6 nitrogen and oxygen atoms in total. The van der Waals surface area contributed by atoms with Crippen LogP contribution in [0, 0.1) is 0 Å². The molecule has 23 heavy (non-hydrogen) atoms. The second kappa shape index (κ2) is 7.19. The quantitative estimate of drug-likeness (QED) is 0.886. The molecule has 1 aliphatic rings. The van der Waals surface area contributed by atoms with Gasteiger partial charge >= 0.3 is 0 Å². The Balaban J connectivity index is 0.00000192. The Morgan fingerprint density at radius 3 is 2.74 bits per heavy atom. The number of imidazole rings is 1. The summed E-state index contributed by atoms with van der Waals surface area (Å²) in [6, 6.07) is 6.17. The third-order valence-corrected chi connectivity index (χ3v) is 6.18. The number of hydrogen-bond acceptors (Lipinski definition) is 4. The number of halogens is 2. The summed E-state index contributed by atoms with van der Waals surface area (Å²) in [7, 11) is -1.82. The second-order valence-electron chi connectivity index (χ2n) is 5.16. The van der Waals surface area contributed by atoms with E-state index in [1.807, 2.05) is 17.8 Å². The van der Waals surface area contributed by atoms with Gasteiger partial charge in [0.15, 0.2) is 0 Å². The molecule has 0 spiro atoms. The minimum Gasteiger partial charge on any atom is -0.337 e. The van der Waals surface area contributed by atoms with Crippen LogP contribution in [0.5, 0.6) is 0 Å². The lowest BCUT2D eigenvalue weighted by molar-refractivity contribution is 0.258. The molecular weight excluding hydrogens is 359 g/mol. The maximum Gasteiger partial charge on any atom is 0.245 e. The molecule has 1 saturated heterocycles. The van der Waals surface area contributed by atoms with E-state index in [1.165, 1.54) is 10.4 Å². The molecule has 2 aromatic rings. The highest BCUT2D eigenvalue weighted by Gasteiger charge is 2.37. The van der Waals surface area contributed by atoms with E-state index in [9.17, 15) is 8.42 Å². The van der Waals surface area contributed by atoms with E-state index in [4.69, 9.17) is 11.6 Å². The van der Waals surface area contributed by atoms with Crippen molar-refractivity contribution in [2.45, 2.75) is 10.9 Å². The van der Waals surface area contributed by atoms with Gasteiger partial charge in [-0.15, -0.1) is 12.4 Å². The Morgan fingerprint density at radius 2 is 2.09 bits per heavy atom. The molecule has 0 aliphatic carbocycles. The van der Waals surface area contributed by atoms with Gasteiger partial charge in [0.25, 0.3) is 0 Å². The number of sulfonamides is 1. The van der Waals surface area contributed by atoms with E-state index >= 15 is 0 Å². The summed E-state index contributed by atoms with van der Waals surface area (Å²) in [4.78, 5) is 4.44. The number of piperazine rings is 1. The van der Waals surface area contributed by atoms with Gasteiger partial charge in [0, 0.05) is 39.1 Å². The van der Waals surface area contributed by atoms with Crippen molar-refractivity contribution in [1.82, 2.24) is 19.2 Å². The third-order valence-electron chi connectivity index (χ3n) is 3.77. The van der Waals surface area contributed by atoms with E-state index in [-0.39, 0.29) is 28.4 Å². The molecule has 2 heterocycles. The standard InChI is InChI=1S/C14H17ClN4O2S.ClH/c1-18-8-7-17-14(18)12-10-16-6-9-19(12)22(20,21)13-5-3-2-4-11(13)15;/h2-5,7-8,12,16H,6,9-10H2,1H3;1H. The zero-order chi connectivity index (χ0) is 15.7. The summed E-state index contributed by atoms with van der Waals surface area (Å²) >= 11 is 6.09. The van der Waals surface area contributed by atoms with Crippen molar-refractivity contribution in [2.75, 3.05) is 19.6 Å². The van der Waals surface area contributed by atoms with Gasteiger partial charge in [-0.05, 0) is 12.1 Å². The number of aromatic nitrogens is 2. The minimum absolute atomic E-state index is 0. The van der Waals surface area contributed by atoms with Crippen LogP contribution in [0.25, 0.3) is 0 Å². The van der Waals surface area contributed by atoms with Gasteiger partial charge in [-0.25, -0.2) is 13.4 Å². The minimum atomic E-state index is -3.68. The van der Waals surface area contributed by atoms with Crippen molar-refractivity contribution in [2.24, 2.45) is 7.05 Å². The molecule has 0 amide bonds. The van der Waals surface area contributed by atoms with Crippen molar-refractivity contribution in [3.05, 3.63) is 47.5 Å². The fourth-order valence-corrected chi connectivity index (χ4v) is 4.75. The Labute approximate surface area is 146 Å². The van der Waals surface area contributed by atoms with Crippen LogP contribution < -0.4 is 5.32 Å². The number of nitrogens with zero attached hydrogens (tertiary/aromatic N) is 3. The van der Waals surface area contributed by atoms with E-state index in [2.05, 4.69) is 10.3 Å². The average molecular weight is 377 g/mol. The van der Waals surface area contributed by atoms with E-state index < -0.39 is 10.0 Å². The normalized spacial score (nSPS) is 19.3. The largest absolute Gasteiger partial charge is 0.337 e. The number of hydrogen-bond donors (Lipinski definition) is 1. The molecule has 1 fully saturated rings. The van der Waals surface area contributed by atoms with Gasteiger partial charge in [0.05, 0.1) is 11.1 Å². The number of nitrogens with one attached hydrogen (secondary N) is 1. The average Bonchev–Trinajstić information content (AvgIpc) is 2.93. The summed E-state index contributed by atoms with van der Waals surface area (Å²) < 4.78 is 29.3. The van der Waals surface area contributed by atoms with Crippen molar-refractivity contribution in [3.8, 4) is 0 Å². The van der Waals surface area contributed by atoms with E-state index in [1.54, 1.807) is 24.4 Å². The smallest absolute Gasteiger partial charge is 0.245 e. The number of aryl methyl sites for hydroxylation is 1. The van der Waals surface area contributed by atoms with Crippen LogP contribution in [0.3, 0.4) is 0 Å². The van der Waals surface area contributed by atoms with Gasteiger partial charge < -0.3 is 9.88 Å². The molecule has 1 aromatic heterocycles. The van der Waals surface area contributed by atoms with Crippen LogP contribution in [0.1, 0.15) is 11.9 Å². The van der Waals surface area contributed by atoms with Gasteiger partial charge in [-0.2, -0.15) is 4.31 Å². The molecule has 0 bridgehead atoms. The first-order valence-electron chi connectivity index (χ1n) is 6.96. The van der Waals surface area contributed by atoms with Crippen LogP contribution in [0.4, 0.5) is 0 Å². The molecule has 1 aliphatic heterocycles. The van der Waals surface area contributed by atoms with Gasteiger partial charge in [-0.3, -0.25) is 0 Å². The van der Waals surface area contributed by atoms with Crippen LogP contribution in [0.15, 0.2) is 41.6 Å². The molecule has 1 atom stereocenters. The predicted octanol–water partition coefficient (Wildman–Crippen LogP) is 1.83. The highest BCUT2D eigenvalue weighted by molar-refractivity contribution is 7.89. The summed E-state index contributed by atoms with van der Waals surface area (Å²) in [6.45, 7) is 1.50. The second-order valence-corrected chi connectivity index (χ2v) is 7.43. The SMILES string of the molecule is Cl.Cn1ccnc1C1CNCCN1S(=O)(=O)c1ccccc1Cl. The topological polar surface area (TPSA) is 67.2 Å². The number of rotatable bonds is 3. The maximum absolute atomic E-state index is 13.0. The van der Waals surface area contributed by atoms with E-state index in [0.29, 0.717) is 25.5 Å². The molecule has 1 N–H and O–H groups in total. The molecule has 126 valence electrons. The zero-order valence-corrected chi connectivity index (χ0v) is 14.9. The Hall–Kier alpha value is -1.12.